The monoisotopic (exact) mass is 876 g/mol. The Balaban J connectivity index is 1.06. The number of carbonyl (C=O) groups is 4. The molecule has 328 valence electrons. The molecule has 2 aliphatic heterocycles. The van der Waals surface area contributed by atoms with Crippen molar-refractivity contribution in [1.29, 1.82) is 0 Å². The Morgan fingerprint density at radius 1 is 0.613 bits per heavy atom. The molecule has 0 bridgehead atoms. The van der Waals surface area contributed by atoms with Gasteiger partial charge < -0.3 is 39.9 Å². The summed E-state index contributed by atoms with van der Waals surface area (Å²) in [6.07, 6.45) is 3.82. The fourth-order valence-corrected chi connectivity index (χ4v) is 14.8. The lowest BCUT2D eigenvalue weighted by Gasteiger charge is -2.30. The van der Waals surface area contributed by atoms with Crippen molar-refractivity contribution in [1.82, 2.24) is 40.4 Å². The number of fused-ring (bicyclic) bond motifs is 1. The van der Waals surface area contributed by atoms with E-state index in [0.29, 0.717) is 12.3 Å². The lowest BCUT2D eigenvalue weighted by molar-refractivity contribution is -0.135. The fraction of sp³-hybridized carbons (Fsp3) is 0.435. The molecule has 4 atom stereocenters. The number of methoxy groups -OCH3 is 2. The predicted molar refractivity (Wildman–Crippen MR) is 246 cm³/mol. The van der Waals surface area contributed by atoms with Crippen LogP contribution in [0, 0.1) is 11.8 Å². The highest BCUT2D eigenvalue weighted by Crippen LogP contribution is 2.40. The van der Waals surface area contributed by atoms with E-state index >= 15 is 0 Å². The highest BCUT2D eigenvalue weighted by atomic mass is 28.3. The second-order valence-electron chi connectivity index (χ2n) is 19.1. The molecule has 16 heteroatoms. The lowest BCUT2D eigenvalue weighted by Crippen LogP contribution is -2.52. The van der Waals surface area contributed by atoms with Crippen molar-refractivity contribution in [2.45, 2.75) is 90.1 Å². The van der Waals surface area contributed by atoms with Crippen LogP contribution in [0.2, 0.25) is 38.3 Å². The second kappa shape index (κ2) is 17.6. The van der Waals surface area contributed by atoms with Crippen LogP contribution in [0.1, 0.15) is 51.4 Å². The number of hydrogen-bond acceptors (Lipinski definition) is 8. The number of nitrogens with one attached hydrogen (secondary N) is 4. The van der Waals surface area contributed by atoms with Crippen molar-refractivity contribution in [3.05, 3.63) is 84.7 Å². The predicted octanol–water partition coefficient (Wildman–Crippen LogP) is 8.31. The van der Waals surface area contributed by atoms with Crippen LogP contribution in [0.3, 0.4) is 0 Å². The Kier molecular flexibility index (Phi) is 12.5. The molecule has 0 radical (unpaired) electrons. The number of carbonyl (C=O) groups excluding carboxylic acids is 4. The number of aromatic amines is 2. The van der Waals surface area contributed by atoms with E-state index < -0.39 is 40.4 Å². The van der Waals surface area contributed by atoms with Gasteiger partial charge in [-0.2, -0.15) is 0 Å². The summed E-state index contributed by atoms with van der Waals surface area (Å²) in [7, 11) is -0.896. The first-order chi connectivity index (χ1) is 29.4. The van der Waals surface area contributed by atoms with E-state index in [2.05, 4.69) is 107 Å². The van der Waals surface area contributed by atoms with Gasteiger partial charge in [0.05, 0.1) is 66.2 Å². The molecule has 2 fully saturated rings. The zero-order valence-electron chi connectivity index (χ0n) is 37.5. The average molecular weight is 877 g/mol. The summed E-state index contributed by atoms with van der Waals surface area (Å²) in [6, 6.07) is 21.2. The summed E-state index contributed by atoms with van der Waals surface area (Å²) in [5.74, 6) is 1.06. The maximum atomic E-state index is 13.9. The van der Waals surface area contributed by atoms with Crippen LogP contribution in [0.4, 0.5) is 9.59 Å². The van der Waals surface area contributed by atoms with Crippen molar-refractivity contribution in [3.63, 3.8) is 0 Å². The number of ether oxygens (including phenoxy) is 2. The van der Waals surface area contributed by atoms with Gasteiger partial charge in [-0.05, 0) is 63.5 Å². The minimum absolute atomic E-state index is 0.110. The van der Waals surface area contributed by atoms with E-state index in [-0.39, 0.29) is 35.7 Å². The van der Waals surface area contributed by atoms with E-state index in [1.807, 2.05) is 49.9 Å². The zero-order chi connectivity index (χ0) is 44.7. The highest BCUT2D eigenvalue weighted by Gasteiger charge is 2.47. The van der Waals surface area contributed by atoms with Gasteiger partial charge in [-0.25, -0.2) is 19.6 Å². The number of alkyl carbamates (subject to hydrolysis) is 2. The number of aromatic nitrogens is 4. The number of hydrogen-bond donors (Lipinski definition) is 4. The smallest absolute Gasteiger partial charge is 0.407 e. The molecule has 4 amide bonds. The van der Waals surface area contributed by atoms with Gasteiger partial charge >= 0.3 is 12.2 Å². The second-order valence-corrected chi connectivity index (χ2v) is 29.2. The van der Waals surface area contributed by atoms with Gasteiger partial charge in [0.2, 0.25) is 11.8 Å². The summed E-state index contributed by atoms with van der Waals surface area (Å²) in [6.45, 7) is 16.8. The number of amides is 4. The van der Waals surface area contributed by atoms with Crippen molar-refractivity contribution in [2.75, 3.05) is 26.6 Å². The molecule has 4 N–H and O–H groups in total. The number of nitrogens with zero attached hydrogens (tertiary/aromatic N) is 4. The van der Waals surface area contributed by atoms with E-state index in [0.717, 1.165) is 68.2 Å². The summed E-state index contributed by atoms with van der Waals surface area (Å²) in [5.41, 5.74) is 5.92. The summed E-state index contributed by atoms with van der Waals surface area (Å²) >= 11 is 0. The Morgan fingerprint density at radius 3 is 1.44 bits per heavy atom. The van der Waals surface area contributed by atoms with E-state index in [1.165, 1.54) is 14.2 Å². The number of rotatable bonds is 11. The van der Waals surface area contributed by atoms with Gasteiger partial charge in [-0.1, -0.05) is 102 Å². The molecular formula is C46H60N8O6Si2. The topological polar surface area (TPSA) is 175 Å². The Bertz CT molecular complexity index is 2460. The molecular weight excluding hydrogens is 817 g/mol. The molecule has 4 heterocycles. The third-order valence-electron chi connectivity index (χ3n) is 12.3. The van der Waals surface area contributed by atoms with Crippen LogP contribution >= 0.6 is 0 Å². The largest absolute Gasteiger partial charge is 0.453 e. The summed E-state index contributed by atoms with van der Waals surface area (Å²) < 4.78 is 9.64. The van der Waals surface area contributed by atoms with Gasteiger partial charge in [-0.3, -0.25) is 9.59 Å². The molecule has 0 spiro atoms. The van der Waals surface area contributed by atoms with Crippen LogP contribution in [0.15, 0.2) is 73.1 Å². The average Bonchev–Trinajstić information content (AvgIpc) is 4.06. The van der Waals surface area contributed by atoms with Gasteiger partial charge in [0, 0.05) is 17.9 Å². The normalized spacial score (nSPS) is 19.2. The van der Waals surface area contributed by atoms with Gasteiger partial charge in [0.1, 0.15) is 23.7 Å². The molecule has 14 nitrogen and oxygen atoms in total. The third-order valence-corrected chi connectivity index (χ3v) is 17.7. The van der Waals surface area contributed by atoms with Crippen molar-refractivity contribution >= 4 is 50.9 Å². The molecule has 62 heavy (non-hydrogen) atoms. The van der Waals surface area contributed by atoms with Crippen LogP contribution in [0.5, 0.6) is 0 Å². The molecule has 5 aromatic rings. The first-order valence-corrected chi connectivity index (χ1v) is 28.2. The van der Waals surface area contributed by atoms with Crippen LogP contribution < -0.4 is 10.6 Å². The number of imidazole rings is 2. The van der Waals surface area contributed by atoms with E-state index in [9.17, 15) is 19.2 Å². The first kappa shape index (κ1) is 44.3. The van der Waals surface area contributed by atoms with Crippen molar-refractivity contribution < 1.29 is 28.7 Å². The fourth-order valence-electron chi connectivity index (χ4n) is 8.99. The van der Waals surface area contributed by atoms with E-state index in [4.69, 9.17) is 19.4 Å². The standard InChI is InChI=1S/C46H60N8O6Si2/c1-27(2)39(51-45(57)59-5)43(55)53-25-61(7,8)23-37(53)41-47-21-35(49-41)30-13-11-29(12-14-30)31-15-16-33-20-34(18-17-32(33)19-31)36-22-48-42(50-36)38-24-62(9,10)26-54(38)44(56)40(28(3)4)52-46(58)60-6/h11-22,27-28,37-40H,23-26H2,1-10H3,(H,47,49)(H,48,50)(H,51,57)(H,52,58)/t37-,38-,39-,40-/m0/s1. The molecule has 7 rings (SSSR count). The van der Waals surface area contributed by atoms with Crippen LogP contribution in [-0.2, 0) is 19.1 Å². The Hall–Kier alpha value is -5.75. The lowest BCUT2D eigenvalue weighted by atomic mass is 9.98. The molecule has 2 saturated heterocycles. The number of H-pyrrole nitrogens is 2. The zero-order valence-corrected chi connectivity index (χ0v) is 39.5. The first-order valence-electron chi connectivity index (χ1n) is 21.4. The Labute approximate surface area is 365 Å². The quantitative estimate of drug-likeness (QED) is 0.0959. The molecule has 0 saturated carbocycles. The minimum Gasteiger partial charge on any atom is -0.453 e. The van der Waals surface area contributed by atoms with Crippen molar-refractivity contribution in [3.8, 4) is 33.6 Å². The molecule has 2 aromatic heterocycles. The van der Waals surface area contributed by atoms with Gasteiger partial charge in [0.15, 0.2) is 0 Å². The molecule has 0 unspecified atom stereocenters. The molecule has 0 aliphatic carbocycles. The van der Waals surface area contributed by atoms with Crippen molar-refractivity contribution in [2.24, 2.45) is 11.8 Å². The molecule has 3 aromatic carbocycles. The highest BCUT2D eigenvalue weighted by molar-refractivity contribution is 6.79. The summed E-state index contributed by atoms with van der Waals surface area (Å²) in [5, 5.41) is 7.69. The number of benzene rings is 3. The van der Waals surface area contributed by atoms with Gasteiger partial charge in [0.25, 0.3) is 0 Å². The minimum atomic E-state index is -1.75. The third kappa shape index (κ3) is 9.35. The Morgan fingerprint density at radius 2 is 1.00 bits per heavy atom. The van der Waals surface area contributed by atoms with Crippen LogP contribution in [-0.4, -0.2) is 109 Å². The maximum Gasteiger partial charge on any atom is 0.407 e. The summed E-state index contributed by atoms with van der Waals surface area (Å²) in [4.78, 5) is 72.5. The maximum absolute atomic E-state index is 13.9. The molecule has 2 aliphatic rings. The van der Waals surface area contributed by atoms with E-state index in [1.54, 1.807) is 0 Å². The van der Waals surface area contributed by atoms with Gasteiger partial charge in [-0.15, -0.1) is 0 Å². The SMILES string of the molecule is COC(=O)N[C@H](C(=O)N1C[Si](C)(C)C[C@H]1c1ncc(-c2ccc(-c3ccc4cc(-c5cnc([C@@H]6C[Si](C)(C)CN6C(=O)[C@@H](NC(=O)OC)C(C)C)[nH]5)ccc4c3)cc2)[nH]1)C(C)C. The van der Waals surface area contributed by atoms with Crippen LogP contribution in [0.25, 0.3) is 44.4 Å².